The van der Waals surface area contributed by atoms with Crippen molar-refractivity contribution < 1.29 is 17.6 Å². The van der Waals surface area contributed by atoms with Gasteiger partial charge in [-0.3, -0.25) is 0 Å². The monoisotopic (exact) mass is 536 g/mol. The lowest BCUT2D eigenvalue weighted by atomic mass is 10.0. The van der Waals surface area contributed by atoms with Gasteiger partial charge >= 0.3 is 0 Å². The molecule has 0 atom stereocenters. The lowest BCUT2D eigenvalue weighted by Crippen LogP contribution is -2.40. The van der Waals surface area contributed by atoms with Crippen molar-refractivity contribution in [2.45, 2.75) is 24.7 Å². The highest BCUT2D eigenvalue weighted by atomic mass is 32.2. The van der Waals surface area contributed by atoms with Crippen LogP contribution < -0.4 is 4.80 Å². The zero-order chi connectivity index (χ0) is 25.8. The molecular weight excluding hydrogens is 508 g/mol. The molecular formula is C27H28N4O4S2. The summed E-state index contributed by atoms with van der Waals surface area (Å²) in [5.74, 6) is 1.14. The Morgan fingerprint density at radius 3 is 2.38 bits per heavy atom. The Bertz CT molecular complexity index is 1530. The van der Waals surface area contributed by atoms with E-state index < -0.39 is 10.0 Å². The second kappa shape index (κ2) is 11.0. The summed E-state index contributed by atoms with van der Waals surface area (Å²) in [5, 5.41) is 6.65. The Morgan fingerprint density at radius 2 is 1.73 bits per heavy atom. The normalized spacial score (nSPS) is 15.7. The molecule has 37 heavy (non-hydrogen) atoms. The number of morpholine rings is 1. The number of aromatic nitrogens is 1. The second-order valence-corrected chi connectivity index (χ2v) is 11.7. The zero-order valence-corrected chi connectivity index (χ0v) is 22.3. The molecule has 4 aromatic rings. The van der Waals surface area contributed by atoms with E-state index in [1.807, 2.05) is 29.6 Å². The third-order valence-electron chi connectivity index (χ3n) is 6.05. The van der Waals surface area contributed by atoms with Crippen molar-refractivity contribution in [1.29, 1.82) is 0 Å². The molecule has 0 amide bonds. The van der Waals surface area contributed by atoms with Crippen LogP contribution >= 0.6 is 11.3 Å². The van der Waals surface area contributed by atoms with E-state index in [1.54, 1.807) is 41.4 Å². The van der Waals surface area contributed by atoms with Gasteiger partial charge in [-0.15, -0.1) is 11.3 Å². The van der Waals surface area contributed by atoms with Crippen LogP contribution in [0.25, 0.3) is 11.5 Å². The Morgan fingerprint density at radius 1 is 1.00 bits per heavy atom. The van der Waals surface area contributed by atoms with Gasteiger partial charge < -0.3 is 9.15 Å². The standard InChI is InChI=1S/C27H28N4O4S2/c1-20(2)22-7-5-21(6-8-22)18-28-31-25(26-4-3-15-35-26)19-36-27(31)29-23-9-11-24(12-10-23)37(32,33)30-13-16-34-17-14-30/h3-12,15,18-20H,13-14,16-17H2,1-2H3. The Kier molecular flexibility index (Phi) is 7.52. The number of benzene rings is 2. The molecule has 1 aliphatic rings. The maximum absolute atomic E-state index is 12.9. The zero-order valence-electron chi connectivity index (χ0n) is 20.6. The van der Waals surface area contributed by atoms with Crippen LogP contribution in [0.15, 0.2) is 91.7 Å². The van der Waals surface area contributed by atoms with E-state index >= 15 is 0 Å². The van der Waals surface area contributed by atoms with Crippen LogP contribution in [0, 0.1) is 0 Å². The first-order chi connectivity index (χ1) is 17.9. The van der Waals surface area contributed by atoms with Gasteiger partial charge in [0.2, 0.25) is 14.8 Å². The van der Waals surface area contributed by atoms with Gasteiger partial charge in [0.1, 0.15) is 5.69 Å². The summed E-state index contributed by atoms with van der Waals surface area (Å²) >= 11 is 1.43. The molecule has 1 aliphatic heterocycles. The Balaban J connectivity index is 1.47. The van der Waals surface area contributed by atoms with Crippen molar-refractivity contribution in [3.8, 4) is 11.5 Å². The van der Waals surface area contributed by atoms with Crippen LogP contribution in [-0.4, -0.2) is 49.9 Å². The van der Waals surface area contributed by atoms with Gasteiger partial charge in [0.25, 0.3) is 0 Å². The van der Waals surface area contributed by atoms with Gasteiger partial charge in [0.15, 0.2) is 5.76 Å². The average molecular weight is 537 g/mol. The first-order valence-electron chi connectivity index (χ1n) is 12.0. The third-order valence-corrected chi connectivity index (χ3v) is 8.78. The van der Waals surface area contributed by atoms with E-state index in [1.165, 1.54) is 21.2 Å². The van der Waals surface area contributed by atoms with Crippen molar-refractivity contribution in [3.05, 3.63) is 88.2 Å². The third kappa shape index (κ3) is 5.67. The lowest BCUT2D eigenvalue weighted by Gasteiger charge is -2.26. The van der Waals surface area contributed by atoms with Gasteiger partial charge in [0, 0.05) is 18.5 Å². The lowest BCUT2D eigenvalue weighted by molar-refractivity contribution is 0.0730. The first kappa shape index (κ1) is 25.3. The highest BCUT2D eigenvalue weighted by molar-refractivity contribution is 7.89. The van der Waals surface area contributed by atoms with Crippen molar-refractivity contribution in [3.63, 3.8) is 0 Å². The van der Waals surface area contributed by atoms with Crippen LogP contribution in [0.2, 0.25) is 0 Å². The van der Waals surface area contributed by atoms with Crippen LogP contribution in [0.4, 0.5) is 5.69 Å². The van der Waals surface area contributed by atoms with Crippen LogP contribution in [0.1, 0.15) is 30.9 Å². The quantitative estimate of drug-likeness (QED) is 0.309. The Hall–Kier alpha value is -3.31. The van der Waals surface area contributed by atoms with E-state index in [2.05, 4.69) is 26.0 Å². The van der Waals surface area contributed by atoms with E-state index in [0.29, 0.717) is 48.5 Å². The molecule has 2 aromatic heterocycles. The van der Waals surface area contributed by atoms with Crippen molar-refractivity contribution >= 4 is 33.3 Å². The van der Waals surface area contributed by atoms with E-state index in [4.69, 9.17) is 19.2 Å². The molecule has 3 heterocycles. The van der Waals surface area contributed by atoms with E-state index in [9.17, 15) is 8.42 Å². The maximum Gasteiger partial charge on any atom is 0.243 e. The predicted octanol–water partition coefficient (Wildman–Crippen LogP) is 5.07. The van der Waals surface area contributed by atoms with Gasteiger partial charge in [0.05, 0.1) is 36.3 Å². The van der Waals surface area contributed by atoms with Crippen LogP contribution in [0.3, 0.4) is 0 Å². The largest absolute Gasteiger partial charge is 0.463 e. The summed E-state index contributed by atoms with van der Waals surface area (Å²) in [6, 6.07) is 18.6. The number of rotatable bonds is 7. The molecule has 1 fully saturated rings. The molecule has 2 aromatic carbocycles. The van der Waals surface area contributed by atoms with Crippen molar-refractivity contribution in [1.82, 2.24) is 8.98 Å². The van der Waals surface area contributed by atoms with Gasteiger partial charge in [-0.05, 0) is 53.4 Å². The number of hydrogen-bond donors (Lipinski definition) is 0. The SMILES string of the molecule is CC(C)c1ccc(C=Nn2c(-c3ccco3)csc2=Nc2ccc(S(=O)(=O)N3CCOCC3)cc2)cc1. The highest BCUT2D eigenvalue weighted by Crippen LogP contribution is 2.23. The molecule has 0 aliphatic carbocycles. The second-order valence-electron chi connectivity index (χ2n) is 8.88. The summed E-state index contributed by atoms with van der Waals surface area (Å²) in [6.07, 6.45) is 3.41. The molecule has 192 valence electrons. The summed E-state index contributed by atoms with van der Waals surface area (Å²) in [4.78, 5) is 5.63. The molecule has 0 unspecified atom stereocenters. The van der Waals surface area contributed by atoms with E-state index in [0.717, 1.165) is 11.3 Å². The van der Waals surface area contributed by atoms with Crippen molar-refractivity contribution in [2.24, 2.45) is 10.1 Å². The predicted molar refractivity (Wildman–Crippen MR) is 145 cm³/mol. The minimum absolute atomic E-state index is 0.242. The maximum atomic E-state index is 12.9. The molecule has 0 N–H and O–H groups in total. The molecule has 0 radical (unpaired) electrons. The van der Waals surface area contributed by atoms with Gasteiger partial charge in [-0.25, -0.2) is 18.1 Å². The number of ether oxygens (including phenoxy) is 1. The Labute approximate surface area is 220 Å². The van der Waals surface area contributed by atoms with Gasteiger partial charge in [-0.2, -0.15) is 9.41 Å². The summed E-state index contributed by atoms with van der Waals surface area (Å²) in [6.45, 7) is 5.86. The minimum Gasteiger partial charge on any atom is -0.463 e. The number of furan rings is 1. The average Bonchev–Trinajstić information content (AvgIpc) is 3.59. The van der Waals surface area contributed by atoms with Crippen molar-refractivity contribution in [2.75, 3.05) is 26.3 Å². The number of thiazole rings is 1. The molecule has 0 bridgehead atoms. The first-order valence-corrected chi connectivity index (χ1v) is 14.4. The molecule has 10 heteroatoms. The van der Waals surface area contributed by atoms with E-state index in [-0.39, 0.29) is 4.90 Å². The molecule has 8 nitrogen and oxygen atoms in total. The fourth-order valence-corrected chi connectivity index (χ4v) is 6.16. The summed E-state index contributed by atoms with van der Waals surface area (Å²) < 4.78 is 39.9. The molecule has 0 saturated carbocycles. The highest BCUT2D eigenvalue weighted by Gasteiger charge is 2.26. The molecule has 5 rings (SSSR count). The van der Waals surface area contributed by atoms with Crippen LogP contribution in [0.5, 0.6) is 0 Å². The molecule has 1 saturated heterocycles. The smallest absolute Gasteiger partial charge is 0.243 e. The minimum atomic E-state index is -3.56. The number of nitrogens with zero attached hydrogens (tertiary/aromatic N) is 4. The summed E-state index contributed by atoms with van der Waals surface area (Å²) in [7, 11) is -3.56. The van der Waals surface area contributed by atoms with Gasteiger partial charge in [-0.1, -0.05) is 38.1 Å². The number of hydrogen-bond acceptors (Lipinski definition) is 7. The summed E-state index contributed by atoms with van der Waals surface area (Å²) in [5.41, 5.74) is 3.64. The topological polar surface area (TPSA) is 89.4 Å². The fraction of sp³-hybridized carbons (Fsp3) is 0.259. The fourth-order valence-electron chi connectivity index (χ4n) is 3.91. The molecule has 0 spiro atoms. The number of sulfonamides is 1. The van der Waals surface area contributed by atoms with Crippen LogP contribution in [-0.2, 0) is 14.8 Å².